The maximum Gasteiger partial charge on any atom is 0.410 e. The summed E-state index contributed by atoms with van der Waals surface area (Å²) < 4.78 is 76.5. The molecule has 15 heteroatoms. The van der Waals surface area contributed by atoms with Gasteiger partial charge in [0.15, 0.2) is 5.75 Å². The molecule has 5 rings (SSSR count). The molecule has 0 radical (unpaired) electrons. The number of ether oxygens (including phenoxy) is 2. The lowest BCUT2D eigenvalue weighted by Crippen LogP contribution is -2.47. The number of hydrogen-bond acceptors (Lipinski definition) is 9. The third kappa shape index (κ3) is 8.53. The summed E-state index contributed by atoms with van der Waals surface area (Å²) in [5, 5.41) is 4.10. The molecule has 0 spiro atoms. The van der Waals surface area contributed by atoms with Gasteiger partial charge in [0.1, 0.15) is 11.4 Å². The van der Waals surface area contributed by atoms with Gasteiger partial charge in [-0.3, -0.25) is 4.72 Å². The summed E-state index contributed by atoms with van der Waals surface area (Å²) in [6, 6.07) is 14.4. The van der Waals surface area contributed by atoms with Gasteiger partial charge in [0.25, 0.3) is 0 Å². The van der Waals surface area contributed by atoms with Crippen LogP contribution in [0.3, 0.4) is 0 Å². The van der Waals surface area contributed by atoms with Crippen molar-refractivity contribution in [3.05, 3.63) is 67.0 Å². The molecule has 1 amide bonds. The highest BCUT2D eigenvalue weighted by molar-refractivity contribution is 7.92. The number of likely N-dealkylation sites (tertiary alicyclic amines) is 1. The lowest BCUT2D eigenvalue weighted by Gasteiger charge is -2.34. The number of sulfonamides is 1. The summed E-state index contributed by atoms with van der Waals surface area (Å²) in [6.07, 6.45) is -0.545. The Hall–Kier alpha value is -4.66. The Kier molecular flexibility index (Phi) is 9.24. The number of carbonyl (C=O) groups excluding carboxylic acids is 1. The number of amides is 1. The van der Waals surface area contributed by atoms with Crippen LogP contribution in [0.25, 0.3) is 22.0 Å². The molecule has 2 aromatic heterocycles. The quantitative estimate of drug-likeness (QED) is 0.215. The van der Waals surface area contributed by atoms with Crippen LogP contribution in [-0.4, -0.2) is 71.0 Å². The van der Waals surface area contributed by atoms with Gasteiger partial charge in [-0.2, -0.15) is 13.2 Å². The predicted molar refractivity (Wildman–Crippen MR) is 167 cm³/mol. The monoisotopic (exact) mass is 658 g/mol. The first-order chi connectivity index (χ1) is 21.7. The minimum atomic E-state index is -4.90. The summed E-state index contributed by atoms with van der Waals surface area (Å²) in [7, 11) is -4.70. The van der Waals surface area contributed by atoms with E-state index in [2.05, 4.69) is 20.3 Å². The molecule has 4 aromatic rings. The minimum absolute atomic E-state index is 0.0205. The van der Waals surface area contributed by atoms with Gasteiger partial charge in [0.2, 0.25) is 21.9 Å². The number of halogens is 3. The number of alkyl halides is 3. The number of carbonyl (C=O) groups is 1. The molecule has 3 heterocycles. The van der Waals surface area contributed by atoms with Crippen molar-refractivity contribution in [3.63, 3.8) is 0 Å². The summed E-state index contributed by atoms with van der Waals surface area (Å²) in [5.74, 6) is -1.17. The SMILES string of the molecule is CC(C)(C)OC(=O)N1CCC[C@H](Nc2nccc(-c3cccnc3Oc3ccc(NS(=O)(=O)CC(F)(F)F)c4ccccc34)n2)C1. The Labute approximate surface area is 264 Å². The highest BCUT2D eigenvalue weighted by Gasteiger charge is 2.35. The lowest BCUT2D eigenvalue weighted by atomic mass is 10.1. The predicted octanol–water partition coefficient (Wildman–Crippen LogP) is 6.60. The molecule has 2 aromatic carbocycles. The first-order valence-corrected chi connectivity index (χ1v) is 16.1. The molecule has 244 valence electrons. The van der Waals surface area contributed by atoms with Crippen molar-refractivity contribution in [2.45, 2.75) is 51.4 Å². The molecule has 46 heavy (non-hydrogen) atoms. The van der Waals surface area contributed by atoms with Crippen molar-refractivity contribution in [3.8, 4) is 22.9 Å². The summed E-state index contributed by atoms with van der Waals surface area (Å²) in [4.78, 5) is 27.7. The van der Waals surface area contributed by atoms with Gasteiger partial charge >= 0.3 is 12.3 Å². The Morgan fingerprint density at radius 2 is 1.76 bits per heavy atom. The molecular formula is C31H33F3N6O5S. The smallest absolute Gasteiger partial charge is 0.410 e. The Morgan fingerprint density at radius 1 is 1.00 bits per heavy atom. The summed E-state index contributed by atoms with van der Waals surface area (Å²) >= 11 is 0. The fourth-order valence-electron chi connectivity index (χ4n) is 4.99. The number of benzene rings is 2. The van der Waals surface area contributed by atoms with Crippen molar-refractivity contribution < 1.29 is 35.9 Å². The highest BCUT2D eigenvalue weighted by atomic mass is 32.2. The number of hydrogen-bond donors (Lipinski definition) is 2. The first-order valence-electron chi connectivity index (χ1n) is 14.5. The number of anilines is 2. The van der Waals surface area contributed by atoms with Gasteiger partial charge in [0.05, 0.1) is 16.9 Å². The van der Waals surface area contributed by atoms with Crippen molar-refractivity contribution in [2.24, 2.45) is 0 Å². The highest BCUT2D eigenvalue weighted by Crippen LogP contribution is 2.37. The molecule has 0 bridgehead atoms. The Balaban J connectivity index is 1.37. The van der Waals surface area contributed by atoms with Crippen molar-refractivity contribution in [1.82, 2.24) is 19.9 Å². The number of fused-ring (bicyclic) bond motifs is 1. The molecule has 0 aliphatic carbocycles. The molecule has 1 saturated heterocycles. The van der Waals surface area contributed by atoms with Gasteiger partial charge in [-0.1, -0.05) is 24.3 Å². The first kappa shape index (κ1) is 32.7. The summed E-state index contributed by atoms with van der Waals surface area (Å²) in [6.45, 7) is 6.50. The van der Waals surface area contributed by atoms with E-state index in [1.54, 1.807) is 53.6 Å². The Morgan fingerprint density at radius 3 is 2.50 bits per heavy atom. The van der Waals surface area contributed by atoms with Crippen molar-refractivity contribution in [1.29, 1.82) is 0 Å². The van der Waals surface area contributed by atoms with Gasteiger partial charge in [-0.15, -0.1) is 0 Å². The van der Waals surface area contributed by atoms with Gasteiger partial charge < -0.3 is 19.7 Å². The molecular weight excluding hydrogens is 625 g/mol. The van der Waals surface area contributed by atoms with E-state index in [0.29, 0.717) is 46.8 Å². The van der Waals surface area contributed by atoms with E-state index in [4.69, 9.17) is 9.47 Å². The van der Waals surface area contributed by atoms with Crippen LogP contribution < -0.4 is 14.8 Å². The van der Waals surface area contributed by atoms with Crippen molar-refractivity contribution >= 4 is 38.5 Å². The average Bonchev–Trinajstić information content (AvgIpc) is 2.97. The zero-order valence-electron chi connectivity index (χ0n) is 25.3. The van der Waals surface area contributed by atoms with Gasteiger partial charge in [-0.25, -0.2) is 28.2 Å². The van der Waals surface area contributed by atoms with Crippen LogP contribution >= 0.6 is 0 Å². The van der Waals surface area contributed by atoms with Crippen molar-refractivity contribution in [2.75, 3.05) is 28.9 Å². The number of aromatic nitrogens is 3. The molecule has 1 aliphatic heterocycles. The lowest BCUT2D eigenvalue weighted by molar-refractivity contribution is -0.106. The zero-order chi connectivity index (χ0) is 33.1. The third-order valence-corrected chi connectivity index (χ3v) is 8.06. The van der Waals surface area contributed by atoms with Crippen LogP contribution in [-0.2, 0) is 14.8 Å². The Bertz CT molecular complexity index is 1830. The minimum Gasteiger partial charge on any atom is -0.444 e. The molecule has 0 saturated carbocycles. The second kappa shape index (κ2) is 13.0. The van der Waals surface area contributed by atoms with Crippen LogP contribution in [0.5, 0.6) is 11.6 Å². The third-order valence-electron chi connectivity index (χ3n) is 6.82. The van der Waals surface area contributed by atoms with E-state index in [0.717, 1.165) is 12.8 Å². The molecule has 1 aliphatic rings. The van der Waals surface area contributed by atoms with Crippen LogP contribution in [0.15, 0.2) is 67.0 Å². The normalized spacial score (nSPS) is 15.8. The molecule has 2 N–H and O–H groups in total. The van der Waals surface area contributed by atoms with Crippen LogP contribution in [0.2, 0.25) is 0 Å². The van der Waals surface area contributed by atoms with Gasteiger partial charge in [0, 0.05) is 42.3 Å². The standard InChI is InChI=1S/C31H33F3N6O5S/c1-30(2,3)45-29(41)40-17-7-8-20(18-40)37-28-36-16-14-24(38-28)23-11-6-15-35-27(23)44-26-13-12-25(21-9-4-5-10-22(21)26)39-46(42,43)19-31(32,33)34/h4-6,9-16,20,39H,7-8,17-19H2,1-3H3,(H,36,37,38)/t20-/m0/s1. The van der Waals surface area contributed by atoms with Crippen LogP contribution in [0.1, 0.15) is 33.6 Å². The largest absolute Gasteiger partial charge is 0.444 e. The number of nitrogens with one attached hydrogen (secondary N) is 2. The molecule has 11 nitrogen and oxygen atoms in total. The number of rotatable bonds is 8. The van der Waals surface area contributed by atoms with E-state index in [1.165, 1.54) is 18.3 Å². The molecule has 1 fully saturated rings. The fraction of sp³-hybridized carbons (Fsp3) is 0.355. The van der Waals surface area contributed by atoms with Crippen LogP contribution in [0, 0.1) is 0 Å². The number of pyridine rings is 1. The van der Waals surface area contributed by atoms with E-state index in [9.17, 15) is 26.4 Å². The topological polar surface area (TPSA) is 136 Å². The molecule has 1 atom stereocenters. The van der Waals surface area contributed by atoms with E-state index < -0.39 is 27.6 Å². The second-order valence-corrected chi connectivity index (χ2v) is 13.5. The number of nitrogens with zero attached hydrogens (tertiary/aromatic N) is 4. The van der Waals surface area contributed by atoms with Crippen LogP contribution in [0.4, 0.5) is 29.6 Å². The second-order valence-electron chi connectivity index (χ2n) is 11.8. The molecule has 0 unspecified atom stereocenters. The fourth-order valence-corrected chi connectivity index (χ4v) is 6.00. The van der Waals surface area contributed by atoms with Gasteiger partial charge in [-0.05, 0) is 63.9 Å². The maximum absolute atomic E-state index is 12.8. The van der Waals surface area contributed by atoms with E-state index in [-0.39, 0.29) is 23.7 Å². The summed E-state index contributed by atoms with van der Waals surface area (Å²) in [5.41, 5.74) is 0.418. The van der Waals surface area contributed by atoms with E-state index >= 15 is 0 Å². The average molecular weight is 659 g/mol. The zero-order valence-corrected chi connectivity index (χ0v) is 26.2. The maximum atomic E-state index is 12.8. The number of piperidine rings is 1. The van der Waals surface area contributed by atoms with E-state index in [1.807, 2.05) is 25.5 Å².